The Hall–Kier alpha value is -2.08. The highest BCUT2D eigenvalue weighted by molar-refractivity contribution is 5.84. The summed E-state index contributed by atoms with van der Waals surface area (Å²) < 4.78 is 10.5. The number of carboxylic acids is 1. The van der Waals surface area contributed by atoms with Crippen molar-refractivity contribution in [2.75, 3.05) is 26.4 Å². The molecule has 1 fully saturated rings. The highest BCUT2D eigenvalue weighted by Crippen LogP contribution is 2.13. The Kier molecular flexibility index (Phi) is 4.57. The van der Waals surface area contributed by atoms with Crippen LogP contribution in [0.2, 0.25) is 0 Å². The smallest absolute Gasteiger partial charge is 0.328 e. The summed E-state index contributed by atoms with van der Waals surface area (Å²) in [6.45, 7) is 2.42. The molecule has 0 radical (unpaired) electrons. The van der Waals surface area contributed by atoms with Crippen LogP contribution in [0.3, 0.4) is 0 Å². The minimum absolute atomic E-state index is 0.0194. The van der Waals surface area contributed by atoms with E-state index in [1.54, 1.807) is 12.1 Å². The number of rotatable bonds is 4. The molecule has 6 nitrogen and oxygen atoms in total. The van der Waals surface area contributed by atoms with E-state index in [1.807, 2.05) is 19.1 Å². The van der Waals surface area contributed by atoms with Crippen LogP contribution in [-0.2, 0) is 14.3 Å². The topological polar surface area (TPSA) is 76.1 Å². The summed E-state index contributed by atoms with van der Waals surface area (Å²) in [5, 5.41) is 9.06. The molecule has 0 spiro atoms. The summed E-state index contributed by atoms with van der Waals surface area (Å²) in [7, 11) is 0. The van der Waals surface area contributed by atoms with E-state index < -0.39 is 12.0 Å². The summed E-state index contributed by atoms with van der Waals surface area (Å²) in [6.07, 6.45) is 0. The average molecular weight is 279 g/mol. The molecule has 1 N–H and O–H groups in total. The predicted molar refractivity (Wildman–Crippen MR) is 70.6 cm³/mol. The van der Waals surface area contributed by atoms with E-state index in [4.69, 9.17) is 14.6 Å². The molecular formula is C14H17NO5. The Labute approximate surface area is 116 Å². The number of carbonyl (C=O) groups is 2. The zero-order valence-corrected chi connectivity index (χ0v) is 11.2. The van der Waals surface area contributed by atoms with Gasteiger partial charge in [-0.3, -0.25) is 4.79 Å². The van der Waals surface area contributed by atoms with Crippen LogP contribution in [0.1, 0.15) is 5.56 Å². The molecule has 1 heterocycles. The maximum atomic E-state index is 12.0. The van der Waals surface area contributed by atoms with E-state index in [0.29, 0.717) is 12.4 Å². The van der Waals surface area contributed by atoms with Crippen LogP contribution >= 0.6 is 0 Å². The lowest BCUT2D eigenvalue weighted by atomic mass is 10.2. The van der Waals surface area contributed by atoms with Crippen LogP contribution in [0, 0.1) is 6.92 Å². The fourth-order valence-corrected chi connectivity index (χ4v) is 1.97. The number of nitrogens with zero attached hydrogens (tertiary/aromatic N) is 1. The van der Waals surface area contributed by atoms with Crippen molar-refractivity contribution < 1.29 is 24.2 Å². The Morgan fingerprint density at radius 3 is 2.75 bits per heavy atom. The highest BCUT2D eigenvalue weighted by atomic mass is 16.5. The first kappa shape index (κ1) is 14.3. The second kappa shape index (κ2) is 6.38. The number of aryl methyl sites for hydroxylation is 1. The second-order valence-electron chi connectivity index (χ2n) is 4.62. The van der Waals surface area contributed by atoms with E-state index in [2.05, 4.69) is 0 Å². The van der Waals surface area contributed by atoms with Gasteiger partial charge in [-0.25, -0.2) is 4.79 Å². The van der Waals surface area contributed by atoms with Gasteiger partial charge in [0.25, 0.3) is 5.91 Å². The Morgan fingerprint density at radius 2 is 2.10 bits per heavy atom. The number of carboxylic acid groups (broad SMARTS) is 1. The Morgan fingerprint density at radius 1 is 1.40 bits per heavy atom. The first-order chi connectivity index (χ1) is 9.58. The lowest BCUT2D eigenvalue weighted by molar-refractivity contribution is -0.159. The largest absolute Gasteiger partial charge is 0.484 e. The molecule has 0 saturated carbocycles. The number of aliphatic carboxylic acids is 1. The van der Waals surface area contributed by atoms with E-state index in [9.17, 15) is 9.59 Å². The third-order valence-electron chi connectivity index (χ3n) is 3.12. The van der Waals surface area contributed by atoms with Gasteiger partial charge in [0.1, 0.15) is 5.75 Å². The van der Waals surface area contributed by atoms with Gasteiger partial charge in [-0.15, -0.1) is 0 Å². The normalized spacial score (nSPS) is 18.6. The van der Waals surface area contributed by atoms with Gasteiger partial charge in [0.05, 0.1) is 13.2 Å². The van der Waals surface area contributed by atoms with Crippen LogP contribution in [0.15, 0.2) is 24.3 Å². The monoisotopic (exact) mass is 279 g/mol. The molecule has 1 aromatic carbocycles. The van der Waals surface area contributed by atoms with E-state index in [-0.39, 0.29) is 25.7 Å². The maximum Gasteiger partial charge on any atom is 0.328 e. The van der Waals surface area contributed by atoms with Gasteiger partial charge < -0.3 is 19.5 Å². The number of carbonyl (C=O) groups excluding carboxylic acids is 1. The third kappa shape index (κ3) is 3.48. The molecule has 1 unspecified atom stereocenters. The molecule has 1 atom stereocenters. The van der Waals surface area contributed by atoms with Crippen molar-refractivity contribution in [3.63, 3.8) is 0 Å². The van der Waals surface area contributed by atoms with Crippen LogP contribution in [0.5, 0.6) is 5.75 Å². The van der Waals surface area contributed by atoms with E-state index in [0.717, 1.165) is 5.56 Å². The first-order valence-corrected chi connectivity index (χ1v) is 6.37. The summed E-state index contributed by atoms with van der Waals surface area (Å²) in [6, 6.07) is 6.38. The van der Waals surface area contributed by atoms with E-state index in [1.165, 1.54) is 4.90 Å². The predicted octanol–water partition coefficient (Wildman–Crippen LogP) is 0.686. The molecule has 1 aromatic rings. The van der Waals surface area contributed by atoms with Crippen LogP contribution in [0.25, 0.3) is 0 Å². The van der Waals surface area contributed by atoms with Crippen LogP contribution in [-0.4, -0.2) is 54.3 Å². The lowest BCUT2D eigenvalue weighted by Gasteiger charge is -2.32. The summed E-state index contributed by atoms with van der Waals surface area (Å²) in [4.78, 5) is 24.4. The molecule has 1 saturated heterocycles. The van der Waals surface area contributed by atoms with Crippen molar-refractivity contribution in [1.29, 1.82) is 0 Å². The molecule has 1 aliphatic heterocycles. The number of amides is 1. The SMILES string of the molecule is Cc1ccc(OCC(=O)N2CCOCC2C(=O)O)cc1. The molecule has 1 aliphatic rings. The molecule has 20 heavy (non-hydrogen) atoms. The van der Waals surface area contributed by atoms with Crippen molar-refractivity contribution >= 4 is 11.9 Å². The van der Waals surface area contributed by atoms with Crippen molar-refractivity contribution in [2.24, 2.45) is 0 Å². The molecule has 0 aliphatic carbocycles. The fraction of sp³-hybridized carbons (Fsp3) is 0.429. The molecule has 6 heteroatoms. The molecule has 0 aromatic heterocycles. The Bertz CT molecular complexity index is 485. The van der Waals surface area contributed by atoms with Gasteiger partial charge in [-0.2, -0.15) is 0 Å². The number of morpholine rings is 1. The zero-order chi connectivity index (χ0) is 14.5. The zero-order valence-electron chi connectivity index (χ0n) is 11.2. The molecule has 1 amide bonds. The van der Waals surface area contributed by atoms with Crippen LogP contribution in [0.4, 0.5) is 0 Å². The average Bonchev–Trinajstić information content (AvgIpc) is 2.46. The standard InChI is InChI=1S/C14H17NO5/c1-10-2-4-11(5-3-10)20-9-13(16)15-6-7-19-8-12(15)14(17)18/h2-5,12H,6-9H2,1H3,(H,17,18). The van der Waals surface area contributed by atoms with Gasteiger partial charge in [0, 0.05) is 6.54 Å². The van der Waals surface area contributed by atoms with Crippen molar-refractivity contribution in [1.82, 2.24) is 4.90 Å². The maximum absolute atomic E-state index is 12.0. The van der Waals surface area contributed by atoms with Gasteiger partial charge >= 0.3 is 5.97 Å². The minimum atomic E-state index is -1.06. The molecule has 0 bridgehead atoms. The molecular weight excluding hydrogens is 262 g/mol. The van der Waals surface area contributed by atoms with E-state index >= 15 is 0 Å². The third-order valence-corrected chi connectivity index (χ3v) is 3.12. The fourth-order valence-electron chi connectivity index (χ4n) is 1.97. The van der Waals surface area contributed by atoms with Gasteiger partial charge in [-0.05, 0) is 19.1 Å². The number of ether oxygens (including phenoxy) is 2. The quantitative estimate of drug-likeness (QED) is 0.877. The minimum Gasteiger partial charge on any atom is -0.484 e. The van der Waals surface area contributed by atoms with Crippen molar-refractivity contribution in [3.05, 3.63) is 29.8 Å². The number of hydrogen-bond acceptors (Lipinski definition) is 4. The number of benzene rings is 1. The van der Waals surface area contributed by atoms with Crippen LogP contribution < -0.4 is 4.74 Å². The highest BCUT2D eigenvalue weighted by Gasteiger charge is 2.32. The summed E-state index contributed by atoms with van der Waals surface area (Å²) in [5.41, 5.74) is 1.10. The molecule has 2 rings (SSSR count). The lowest BCUT2D eigenvalue weighted by Crippen LogP contribution is -2.53. The molecule has 108 valence electrons. The van der Waals surface area contributed by atoms with Gasteiger partial charge in [-0.1, -0.05) is 17.7 Å². The summed E-state index contributed by atoms with van der Waals surface area (Å²) in [5.74, 6) is -0.821. The summed E-state index contributed by atoms with van der Waals surface area (Å²) >= 11 is 0. The second-order valence-corrected chi connectivity index (χ2v) is 4.62. The first-order valence-electron chi connectivity index (χ1n) is 6.37. The number of hydrogen-bond donors (Lipinski definition) is 1. The van der Waals surface area contributed by atoms with Gasteiger partial charge in [0.2, 0.25) is 0 Å². The Balaban J connectivity index is 1.93. The van der Waals surface area contributed by atoms with Gasteiger partial charge in [0.15, 0.2) is 12.6 Å². The van der Waals surface area contributed by atoms with Crippen molar-refractivity contribution in [3.8, 4) is 5.75 Å². The van der Waals surface area contributed by atoms with Crippen molar-refractivity contribution in [2.45, 2.75) is 13.0 Å².